The van der Waals surface area contributed by atoms with E-state index in [9.17, 15) is 9.18 Å². The summed E-state index contributed by atoms with van der Waals surface area (Å²) in [7, 11) is 0. The van der Waals surface area contributed by atoms with E-state index in [0.717, 1.165) is 18.2 Å². The number of carbonyl (C=O) groups is 1. The number of benzene rings is 2. The average molecular weight is 357 g/mol. The van der Waals surface area contributed by atoms with Crippen LogP contribution in [0.3, 0.4) is 0 Å². The summed E-state index contributed by atoms with van der Waals surface area (Å²) in [5.74, 6) is -0.392. The maximum atomic E-state index is 13.9. The van der Waals surface area contributed by atoms with E-state index in [1.165, 1.54) is 16.3 Å². The van der Waals surface area contributed by atoms with Crippen molar-refractivity contribution in [2.24, 2.45) is 0 Å². The van der Waals surface area contributed by atoms with E-state index < -0.39 is 5.82 Å². The van der Waals surface area contributed by atoms with Crippen molar-refractivity contribution >= 4 is 17.7 Å². The highest BCUT2D eigenvalue weighted by Crippen LogP contribution is 2.19. The van der Waals surface area contributed by atoms with Crippen LogP contribution in [0, 0.1) is 5.82 Å². The number of nitrogens with zero attached hydrogens (tertiary/aromatic N) is 4. The Bertz CT molecular complexity index is 840. The molecule has 0 atom stereocenters. The Morgan fingerprint density at radius 2 is 1.88 bits per heavy atom. The second-order valence-electron chi connectivity index (χ2n) is 5.20. The number of halogens is 1. The number of hydrogen-bond donors (Lipinski definition) is 1. The van der Waals surface area contributed by atoms with Crippen LogP contribution in [0.2, 0.25) is 0 Å². The zero-order chi connectivity index (χ0) is 17.5. The fourth-order valence-corrected chi connectivity index (χ4v) is 2.93. The van der Waals surface area contributed by atoms with Gasteiger partial charge in [0.05, 0.1) is 5.75 Å². The van der Waals surface area contributed by atoms with Crippen molar-refractivity contribution in [3.8, 4) is 5.69 Å². The molecule has 0 aliphatic heterocycles. The molecular formula is C17H16FN5OS. The summed E-state index contributed by atoms with van der Waals surface area (Å²) in [4.78, 5) is 12.0. The lowest BCUT2D eigenvalue weighted by Gasteiger charge is -2.06. The van der Waals surface area contributed by atoms with Gasteiger partial charge in [-0.25, -0.2) is 4.39 Å². The monoisotopic (exact) mass is 357 g/mol. The van der Waals surface area contributed by atoms with Crippen LogP contribution in [0.25, 0.3) is 5.69 Å². The van der Waals surface area contributed by atoms with Crippen molar-refractivity contribution in [1.29, 1.82) is 0 Å². The van der Waals surface area contributed by atoms with Crippen LogP contribution in [0.15, 0.2) is 59.8 Å². The van der Waals surface area contributed by atoms with Crippen molar-refractivity contribution in [3.63, 3.8) is 0 Å². The van der Waals surface area contributed by atoms with Gasteiger partial charge in [0.15, 0.2) is 0 Å². The van der Waals surface area contributed by atoms with E-state index in [1.807, 2.05) is 30.3 Å². The minimum atomic E-state index is -0.427. The van der Waals surface area contributed by atoms with Crippen LogP contribution >= 0.6 is 11.8 Å². The van der Waals surface area contributed by atoms with Crippen LogP contribution in [0.1, 0.15) is 5.56 Å². The molecule has 128 valence electrons. The van der Waals surface area contributed by atoms with E-state index in [1.54, 1.807) is 18.2 Å². The molecule has 0 unspecified atom stereocenters. The minimum Gasteiger partial charge on any atom is -0.355 e. The molecule has 0 saturated carbocycles. The second-order valence-corrected chi connectivity index (χ2v) is 6.14. The van der Waals surface area contributed by atoms with E-state index in [2.05, 4.69) is 20.8 Å². The number of aromatic nitrogens is 4. The third kappa shape index (κ3) is 4.63. The first-order valence-corrected chi connectivity index (χ1v) is 8.69. The van der Waals surface area contributed by atoms with Crippen LogP contribution in [-0.4, -0.2) is 38.4 Å². The molecule has 6 nitrogen and oxygen atoms in total. The molecule has 0 spiro atoms. The number of amides is 1. The number of carbonyl (C=O) groups excluding carboxylic acids is 1. The molecule has 1 N–H and O–H groups in total. The predicted molar refractivity (Wildman–Crippen MR) is 93.0 cm³/mol. The molecule has 1 aromatic heterocycles. The van der Waals surface area contributed by atoms with Crippen LogP contribution < -0.4 is 5.32 Å². The van der Waals surface area contributed by atoms with Crippen molar-refractivity contribution in [3.05, 3.63) is 66.0 Å². The molecule has 8 heteroatoms. The molecule has 0 aliphatic rings. The zero-order valence-electron chi connectivity index (χ0n) is 13.3. The number of rotatable bonds is 7. The second kappa shape index (κ2) is 8.39. The first-order chi connectivity index (χ1) is 12.2. The molecule has 0 fully saturated rings. The van der Waals surface area contributed by atoms with Gasteiger partial charge in [-0.2, -0.15) is 4.68 Å². The average Bonchev–Trinajstić information content (AvgIpc) is 3.10. The van der Waals surface area contributed by atoms with Crippen molar-refractivity contribution in [2.45, 2.75) is 11.6 Å². The first kappa shape index (κ1) is 17.1. The van der Waals surface area contributed by atoms with Gasteiger partial charge in [-0.05, 0) is 34.5 Å². The third-order valence-electron chi connectivity index (χ3n) is 3.43. The summed E-state index contributed by atoms with van der Waals surface area (Å²) in [5, 5.41) is 14.4. The van der Waals surface area contributed by atoms with Crippen LogP contribution in [0.4, 0.5) is 4.39 Å². The van der Waals surface area contributed by atoms with Gasteiger partial charge in [0.1, 0.15) is 11.5 Å². The van der Waals surface area contributed by atoms with E-state index in [-0.39, 0.29) is 17.3 Å². The Balaban J connectivity index is 1.52. The summed E-state index contributed by atoms with van der Waals surface area (Å²) in [6.45, 7) is 0.557. The fourth-order valence-electron chi connectivity index (χ4n) is 2.22. The van der Waals surface area contributed by atoms with E-state index in [0.29, 0.717) is 11.7 Å². The molecule has 3 rings (SSSR count). The molecule has 1 amide bonds. The molecule has 0 aliphatic carbocycles. The lowest BCUT2D eigenvalue weighted by molar-refractivity contribution is -0.118. The van der Waals surface area contributed by atoms with Gasteiger partial charge in [-0.3, -0.25) is 4.79 Å². The molecule has 0 bridgehead atoms. The van der Waals surface area contributed by atoms with Gasteiger partial charge < -0.3 is 5.32 Å². The van der Waals surface area contributed by atoms with Gasteiger partial charge in [0.2, 0.25) is 11.1 Å². The maximum Gasteiger partial charge on any atom is 0.230 e. The largest absolute Gasteiger partial charge is 0.355 e. The Labute approximate surface area is 148 Å². The van der Waals surface area contributed by atoms with Crippen molar-refractivity contribution in [2.75, 3.05) is 12.3 Å². The smallest absolute Gasteiger partial charge is 0.230 e. The lowest BCUT2D eigenvalue weighted by Crippen LogP contribution is -2.27. The molecule has 2 aromatic carbocycles. The predicted octanol–water partition coefficient (Wildman–Crippen LogP) is 2.25. The van der Waals surface area contributed by atoms with Gasteiger partial charge in [0, 0.05) is 6.54 Å². The summed E-state index contributed by atoms with van der Waals surface area (Å²) in [6, 6.07) is 16.1. The third-order valence-corrected chi connectivity index (χ3v) is 4.35. The SMILES string of the molecule is O=C(CSc1nnnn1-c1ccccc1F)NCCc1ccccc1. The first-order valence-electron chi connectivity index (χ1n) is 7.71. The quantitative estimate of drug-likeness (QED) is 0.657. The molecule has 0 saturated heterocycles. The summed E-state index contributed by atoms with van der Waals surface area (Å²) in [5.41, 5.74) is 1.42. The normalized spacial score (nSPS) is 10.6. The number of hydrogen-bond acceptors (Lipinski definition) is 5. The molecule has 0 radical (unpaired) electrons. The minimum absolute atomic E-state index is 0.121. The lowest BCUT2D eigenvalue weighted by atomic mass is 10.1. The highest BCUT2D eigenvalue weighted by molar-refractivity contribution is 7.99. The summed E-state index contributed by atoms with van der Waals surface area (Å²) in [6.07, 6.45) is 0.768. The van der Waals surface area contributed by atoms with Gasteiger partial charge in [-0.15, -0.1) is 5.10 Å². The van der Waals surface area contributed by atoms with Crippen molar-refractivity contribution in [1.82, 2.24) is 25.5 Å². The Morgan fingerprint density at radius 3 is 2.68 bits per heavy atom. The van der Waals surface area contributed by atoms with Gasteiger partial charge >= 0.3 is 0 Å². The van der Waals surface area contributed by atoms with Crippen molar-refractivity contribution < 1.29 is 9.18 Å². The molecule has 3 aromatic rings. The number of para-hydroxylation sites is 1. The molecule has 1 heterocycles. The number of thioether (sulfide) groups is 1. The zero-order valence-corrected chi connectivity index (χ0v) is 14.1. The van der Waals surface area contributed by atoms with E-state index in [4.69, 9.17) is 0 Å². The highest BCUT2D eigenvalue weighted by atomic mass is 32.2. The number of tetrazole rings is 1. The fraction of sp³-hybridized carbons (Fsp3) is 0.176. The Kier molecular flexibility index (Phi) is 5.73. The Hall–Kier alpha value is -2.74. The van der Waals surface area contributed by atoms with Crippen LogP contribution in [0.5, 0.6) is 0 Å². The Morgan fingerprint density at radius 1 is 1.12 bits per heavy atom. The van der Waals surface area contributed by atoms with Crippen LogP contribution in [-0.2, 0) is 11.2 Å². The highest BCUT2D eigenvalue weighted by Gasteiger charge is 2.13. The molecular weight excluding hydrogens is 341 g/mol. The summed E-state index contributed by atoms with van der Waals surface area (Å²) < 4.78 is 15.1. The van der Waals surface area contributed by atoms with E-state index >= 15 is 0 Å². The number of nitrogens with one attached hydrogen (secondary N) is 1. The topological polar surface area (TPSA) is 72.7 Å². The van der Waals surface area contributed by atoms with Gasteiger partial charge in [0.25, 0.3) is 0 Å². The summed E-state index contributed by atoms with van der Waals surface area (Å²) >= 11 is 1.16. The van der Waals surface area contributed by atoms with Gasteiger partial charge in [-0.1, -0.05) is 54.2 Å². The maximum absolute atomic E-state index is 13.9. The molecule has 25 heavy (non-hydrogen) atoms. The standard InChI is InChI=1S/C17H16FN5OS/c18-14-8-4-5-9-15(14)23-17(20-21-22-23)25-12-16(24)19-11-10-13-6-2-1-3-7-13/h1-9H,10-12H2,(H,19,24).